The maximum Gasteiger partial charge on any atom is 0.137 e. The third kappa shape index (κ3) is 3.38. The molecule has 0 radical (unpaired) electrons. The Morgan fingerprint density at radius 1 is 1.18 bits per heavy atom. The highest BCUT2D eigenvalue weighted by molar-refractivity contribution is 6.33. The summed E-state index contributed by atoms with van der Waals surface area (Å²) in [5.41, 5.74) is 1.61. The standard InChI is InChI=1S/C15H17ClN6/c16-14-9-13(10-17)1-2-15(14)21-6-3-20(4-7-21)5-8-22-12-18-11-19-22/h1-2,9,11-12H,3-8H2. The lowest BCUT2D eigenvalue weighted by atomic mass is 10.2. The number of hydrogen-bond acceptors (Lipinski definition) is 5. The van der Waals surface area contributed by atoms with Crippen LogP contribution in [0.2, 0.25) is 5.02 Å². The molecule has 0 aliphatic carbocycles. The van der Waals surface area contributed by atoms with Crippen molar-refractivity contribution in [2.75, 3.05) is 37.6 Å². The van der Waals surface area contributed by atoms with Gasteiger partial charge >= 0.3 is 0 Å². The van der Waals surface area contributed by atoms with Gasteiger partial charge in [0.05, 0.1) is 28.9 Å². The minimum Gasteiger partial charge on any atom is -0.368 e. The Hall–Kier alpha value is -2.10. The van der Waals surface area contributed by atoms with E-state index in [4.69, 9.17) is 16.9 Å². The number of hydrogen-bond donors (Lipinski definition) is 0. The zero-order chi connectivity index (χ0) is 15.4. The third-order valence-corrected chi connectivity index (χ3v) is 4.20. The van der Waals surface area contributed by atoms with Crippen LogP contribution in [0.4, 0.5) is 5.69 Å². The number of nitrogens with zero attached hydrogens (tertiary/aromatic N) is 6. The second-order valence-corrected chi connectivity index (χ2v) is 5.67. The fourth-order valence-electron chi connectivity index (χ4n) is 2.64. The van der Waals surface area contributed by atoms with Crippen LogP contribution in [0.25, 0.3) is 0 Å². The molecule has 22 heavy (non-hydrogen) atoms. The van der Waals surface area contributed by atoms with Crippen LogP contribution < -0.4 is 4.90 Å². The second kappa shape index (κ2) is 6.77. The summed E-state index contributed by atoms with van der Waals surface area (Å²) in [5, 5.41) is 13.7. The summed E-state index contributed by atoms with van der Waals surface area (Å²) < 4.78 is 1.85. The van der Waals surface area contributed by atoms with E-state index in [1.54, 1.807) is 18.7 Å². The molecule has 7 heteroatoms. The van der Waals surface area contributed by atoms with Crippen molar-refractivity contribution in [2.45, 2.75) is 6.54 Å². The quantitative estimate of drug-likeness (QED) is 0.858. The van der Waals surface area contributed by atoms with Gasteiger partial charge in [0.2, 0.25) is 0 Å². The molecule has 0 amide bonds. The van der Waals surface area contributed by atoms with Crippen molar-refractivity contribution in [3.05, 3.63) is 41.4 Å². The van der Waals surface area contributed by atoms with Gasteiger partial charge < -0.3 is 4.90 Å². The van der Waals surface area contributed by atoms with Gasteiger partial charge in [0, 0.05) is 32.7 Å². The van der Waals surface area contributed by atoms with Crippen LogP contribution in [0.1, 0.15) is 5.56 Å². The molecular formula is C15H17ClN6. The zero-order valence-electron chi connectivity index (χ0n) is 12.2. The first-order valence-corrected chi connectivity index (χ1v) is 7.63. The van der Waals surface area contributed by atoms with Crippen LogP contribution in [0.15, 0.2) is 30.9 Å². The molecule has 0 saturated carbocycles. The first-order chi connectivity index (χ1) is 10.8. The Bertz CT molecular complexity index is 655. The Morgan fingerprint density at radius 2 is 2.00 bits per heavy atom. The molecule has 2 heterocycles. The van der Waals surface area contributed by atoms with Crippen molar-refractivity contribution in [3.63, 3.8) is 0 Å². The summed E-state index contributed by atoms with van der Waals surface area (Å²) in [5.74, 6) is 0. The smallest absolute Gasteiger partial charge is 0.137 e. The predicted molar refractivity (Wildman–Crippen MR) is 84.8 cm³/mol. The zero-order valence-corrected chi connectivity index (χ0v) is 12.9. The number of halogens is 1. The average molecular weight is 317 g/mol. The van der Waals surface area contributed by atoms with Gasteiger partial charge in [-0.2, -0.15) is 10.4 Å². The van der Waals surface area contributed by atoms with E-state index in [0.717, 1.165) is 45.0 Å². The normalized spacial score (nSPS) is 15.7. The van der Waals surface area contributed by atoms with E-state index in [9.17, 15) is 0 Å². The molecule has 0 unspecified atom stereocenters. The molecule has 114 valence electrons. The summed E-state index contributed by atoms with van der Waals surface area (Å²) in [7, 11) is 0. The number of nitriles is 1. The molecule has 0 N–H and O–H groups in total. The summed E-state index contributed by atoms with van der Waals surface area (Å²) >= 11 is 6.28. The van der Waals surface area contributed by atoms with E-state index in [0.29, 0.717) is 10.6 Å². The molecule has 3 rings (SSSR count). The first-order valence-electron chi connectivity index (χ1n) is 7.25. The predicted octanol–water partition coefficient (Wildman–Crippen LogP) is 1.63. The monoisotopic (exact) mass is 316 g/mol. The minimum atomic E-state index is 0.597. The lowest BCUT2D eigenvalue weighted by Gasteiger charge is -2.36. The Balaban J connectivity index is 1.54. The summed E-state index contributed by atoms with van der Waals surface area (Å²) in [6.07, 6.45) is 3.30. The van der Waals surface area contributed by atoms with E-state index >= 15 is 0 Å². The van der Waals surface area contributed by atoms with Crippen molar-refractivity contribution in [1.29, 1.82) is 5.26 Å². The average Bonchev–Trinajstić information content (AvgIpc) is 3.07. The van der Waals surface area contributed by atoms with Gasteiger partial charge in [0.1, 0.15) is 12.7 Å². The highest BCUT2D eigenvalue weighted by Crippen LogP contribution is 2.27. The van der Waals surface area contributed by atoms with Crippen LogP contribution in [-0.4, -0.2) is 52.4 Å². The largest absolute Gasteiger partial charge is 0.368 e. The van der Waals surface area contributed by atoms with Crippen molar-refractivity contribution in [1.82, 2.24) is 19.7 Å². The van der Waals surface area contributed by atoms with Gasteiger partial charge in [-0.3, -0.25) is 9.58 Å². The van der Waals surface area contributed by atoms with Gasteiger partial charge in [-0.05, 0) is 18.2 Å². The Labute approximate surface area is 134 Å². The molecule has 6 nitrogen and oxygen atoms in total. The van der Waals surface area contributed by atoms with Gasteiger partial charge in [0.25, 0.3) is 0 Å². The van der Waals surface area contributed by atoms with E-state index in [1.165, 1.54) is 0 Å². The lowest BCUT2D eigenvalue weighted by Crippen LogP contribution is -2.47. The SMILES string of the molecule is N#Cc1ccc(N2CCN(CCn3cncn3)CC2)c(Cl)c1. The van der Waals surface area contributed by atoms with Crippen molar-refractivity contribution >= 4 is 17.3 Å². The summed E-state index contributed by atoms with van der Waals surface area (Å²) in [4.78, 5) is 8.63. The molecule has 2 aromatic rings. The van der Waals surface area contributed by atoms with Crippen LogP contribution in [0.5, 0.6) is 0 Å². The van der Waals surface area contributed by atoms with Crippen molar-refractivity contribution in [2.24, 2.45) is 0 Å². The topological polar surface area (TPSA) is 61.0 Å². The fourth-order valence-corrected chi connectivity index (χ4v) is 2.94. The summed E-state index contributed by atoms with van der Waals surface area (Å²) in [6.45, 7) is 5.68. The minimum absolute atomic E-state index is 0.597. The molecule has 1 aromatic heterocycles. The molecule has 1 saturated heterocycles. The molecule has 0 bridgehead atoms. The van der Waals surface area contributed by atoms with E-state index in [2.05, 4.69) is 26.0 Å². The highest BCUT2D eigenvalue weighted by Gasteiger charge is 2.18. The molecule has 1 aliphatic heterocycles. The number of anilines is 1. The number of aromatic nitrogens is 3. The van der Waals surface area contributed by atoms with Crippen LogP contribution >= 0.6 is 11.6 Å². The Kier molecular flexibility index (Phi) is 4.56. The number of rotatable bonds is 4. The number of piperazine rings is 1. The lowest BCUT2D eigenvalue weighted by molar-refractivity contribution is 0.244. The van der Waals surface area contributed by atoms with Crippen LogP contribution in [-0.2, 0) is 6.54 Å². The molecule has 0 spiro atoms. The van der Waals surface area contributed by atoms with Gasteiger partial charge in [-0.25, -0.2) is 4.98 Å². The van der Waals surface area contributed by atoms with Gasteiger partial charge in [-0.1, -0.05) is 11.6 Å². The summed E-state index contributed by atoms with van der Waals surface area (Å²) in [6, 6.07) is 7.59. The third-order valence-electron chi connectivity index (χ3n) is 3.90. The number of benzene rings is 1. The molecular weight excluding hydrogens is 300 g/mol. The van der Waals surface area contributed by atoms with E-state index in [1.807, 2.05) is 16.8 Å². The highest BCUT2D eigenvalue weighted by atomic mass is 35.5. The maximum absolute atomic E-state index is 8.89. The molecule has 1 aromatic carbocycles. The first kappa shape index (κ1) is 14.8. The van der Waals surface area contributed by atoms with E-state index in [-0.39, 0.29) is 0 Å². The van der Waals surface area contributed by atoms with Gasteiger partial charge in [0.15, 0.2) is 0 Å². The maximum atomic E-state index is 8.89. The fraction of sp³-hybridized carbons (Fsp3) is 0.400. The van der Waals surface area contributed by atoms with Gasteiger partial charge in [-0.15, -0.1) is 0 Å². The Morgan fingerprint density at radius 3 is 2.64 bits per heavy atom. The molecule has 0 atom stereocenters. The van der Waals surface area contributed by atoms with Crippen LogP contribution in [0.3, 0.4) is 0 Å². The van der Waals surface area contributed by atoms with E-state index < -0.39 is 0 Å². The van der Waals surface area contributed by atoms with Crippen molar-refractivity contribution < 1.29 is 0 Å². The van der Waals surface area contributed by atoms with Crippen LogP contribution in [0, 0.1) is 11.3 Å². The molecule has 1 fully saturated rings. The second-order valence-electron chi connectivity index (χ2n) is 5.27. The van der Waals surface area contributed by atoms with Crippen molar-refractivity contribution in [3.8, 4) is 6.07 Å². The molecule has 1 aliphatic rings.